The summed E-state index contributed by atoms with van der Waals surface area (Å²) in [5.41, 5.74) is 1.88. The van der Waals surface area contributed by atoms with Crippen molar-refractivity contribution in [3.8, 4) is 0 Å². The van der Waals surface area contributed by atoms with Gasteiger partial charge in [-0.25, -0.2) is 18.7 Å². The average Bonchev–Trinajstić information content (AvgIpc) is 3.28. The summed E-state index contributed by atoms with van der Waals surface area (Å²) in [6, 6.07) is 8.49. The summed E-state index contributed by atoms with van der Waals surface area (Å²) >= 11 is 1.38. The minimum absolute atomic E-state index is 0.00785. The van der Waals surface area contributed by atoms with Crippen LogP contribution in [0.15, 0.2) is 54.2 Å². The Balaban J connectivity index is 1.28. The molecule has 7 nitrogen and oxygen atoms in total. The molecule has 3 aromatic heterocycles. The molecule has 4 heterocycles. The number of likely N-dealkylation sites (tertiary alicyclic amines) is 1. The van der Waals surface area contributed by atoms with E-state index < -0.39 is 11.6 Å². The summed E-state index contributed by atoms with van der Waals surface area (Å²) < 4.78 is 27.6. The number of ketones is 1. The van der Waals surface area contributed by atoms with Gasteiger partial charge in [-0.3, -0.25) is 14.6 Å². The predicted molar refractivity (Wildman–Crippen MR) is 128 cm³/mol. The summed E-state index contributed by atoms with van der Waals surface area (Å²) in [7, 11) is 0. The van der Waals surface area contributed by atoms with E-state index in [-0.39, 0.29) is 41.7 Å². The van der Waals surface area contributed by atoms with Crippen molar-refractivity contribution in [1.82, 2.24) is 19.9 Å². The van der Waals surface area contributed by atoms with Crippen molar-refractivity contribution < 1.29 is 18.4 Å². The van der Waals surface area contributed by atoms with Crippen LogP contribution in [0.2, 0.25) is 0 Å². The van der Waals surface area contributed by atoms with Crippen LogP contribution in [-0.2, 0) is 0 Å². The number of fused-ring (bicyclic) bond motifs is 1. The third kappa shape index (κ3) is 4.88. The highest BCUT2D eigenvalue weighted by Gasteiger charge is 2.34. The Kier molecular flexibility index (Phi) is 6.21. The van der Waals surface area contributed by atoms with Gasteiger partial charge < -0.3 is 10.2 Å². The number of hydrogen-bond acceptors (Lipinski definition) is 7. The molecule has 1 atom stereocenters. The van der Waals surface area contributed by atoms with Gasteiger partial charge in [-0.15, -0.1) is 11.3 Å². The van der Waals surface area contributed by atoms with Crippen LogP contribution < -0.4 is 5.32 Å². The predicted octanol–water partition coefficient (Wildman–Crippen LogP) is 4.88. The molecule has 1 fully saturated rings. The third-order valence-corrected chi connectivity index (χ3v) is 6.85. The summed E-state index contributed by atoms with van der Waals surface area (Å²) in [5.74, 6) is -1.00. The highest BCUT2D eigenvalue weighted by molar-refractivity contribution is 7.17. The SMILES string of the molecule is C[C@H](Nc1nc(C(=O)N2CC(CC(=O)c3cccc(F)c3)C2)c2sccc2n1)c1cncc(F)c1. The topological polar surface area (TPSA) is 88.1 Å². The van der Waals surface area contributed by atoms with Gasteiger partial charge in [-0.05, 0) is 42.1 Å². The molecule has 5 rings (SSSR count). The normalized spacial score (nSPS) is 14.5. The highest BCUT2D eigenvalue weighted by atomic mass is 32.1. The molecular weight excluding hydrogens is 472 g/mol. The molecule has 0 bridgehead atoms. The number of rotatable bonds is 7. The van der Waals surface area contributed by atoms with Crippen molar-refractivity contribution in [1.29, 1.82) is 0 Å². The number of nitrogens with zero attached hydrogens (tertiary/aromatic N) is 4. The minimum Gasteiger partial charge on any atom is -0.348 e. The fourth-order valence-corrected chi connectivity index (χ4v) is 4.88. The molecule has 178 valence electrons. The lowest BCUT2D eigenvalue weighted by atomic mass is 9.91. The molecule has 1 aliphatic heterocycles. The number of anilines is 1. The molecule has 10 heteroatoms. The largest absolute Gasteiger partial charge is 0.348 e. The van der Waals surface area contributed by atoms with Gasteiger partial charge in [0.1, 0.15) is 11.6 Å². The van der Waals surface area contributed by atoms with Crippen molar-refractivity contribution in [2.24, 2.45) is 5.92 Å². The molecule has 35 heavy (non-hydrogen) atoms. The van der Waals surface area contributed by atoms with Gasteiger partial charge in [-0.1, -0.05) is 12.1 Å². The summed E-state index contributed by atoms with van der Waals surface area (Å²) in [6.45, 7) is 2.67. The second-order valence-corrected chi connectivity index (χ2v) is 9.46. The molecular formula is C25H21F2N5O2S. The fourth-order valence-electron chi connectivity index (χ4n) is 4.07. The van der Waals surface area contributed by atoms with Crippen molar-refractivity contribution in [3.05, 3.63) is 82.6 Å². The minimum atomic E-state index is -0.447. The van der Waals surface area contributed by atoms with E-state index in [0.29, 0.717) is 34.4 Å². The van der Waals surface area contributed by atoms with Crippen LogP contribution in [-0.4, -0.2) is 44.6 Å². The number of pyridine rings is 1. The van der Waals surface area contributed by atoms with Gasteiger partial charge in [0.15, 0.2) is 11.5 Å². The first-order chi connectivity index (χ1) is 16.9. The van der Waals surface area contributed by atoms with Crippen LogP contribution in [0.3, 0.4) is 0 Å². The Labute approximate surface area is 203 Å². The number of thiophene rings is 1. The van der Waals surface area contributed by atoms with E-state index in [0.717, 1.165) is 6.20 Å². The number of Topliss-reactive ketones (excluding diaryl/α,β-unsaturated/α-hetero) is 1. The summed E-state index contributed by atoms with van der Waals surface area (Å²) in [4.78, 5) is 40.2. The molecule has 1 N–H and O–H groups in total. The molecule has 0 aliphatic carbocycles. The Morgan fingerprint density at radius 1 is 1.14 bits per heavy atom. The molecule has 0 unspecified atom stereocenters. The number of carbonyl (C=O) groups is 2. The van der Waals surface area contributed by atoms with Crippen LogP contribution in [0, 0.1) is 17.6 Å². The van der Waals surface area contributed by atoms with E-state index >= 15 is 0 Å². The lowest BCUT2D eigenvalue weighted by Crippen LogP contribution is -2.50. The van der Waals surface area contributed by atoms with E-state index in [4.69, 9.17) is 0 Å². The lowest BCUT2D eigenvalue weighted by molar-refractivity contribution is 0.0466. The number of benzene rings is 1. The van der Waals surface area contributed by atoms with Gasteiger partial charge in [0.25, 0.3) is 5.91 Å². The van der Waals surface area contributed by atoms with E-state index in [1.165, 1.54) is 35.6 Å². The summed E-state index contributed by atoms with van der Waals surface area (Å²) in [5, 5.41) is 4.97. The van der Waals surface area contributed by atoms with Crippen LogP contribution in [0.25, 0.3) is 10.2 Å². The monoisotopic (exact) mass is 493 g/mol. The molecule has 0 saturated carbocycles. The first-order valence-corrected chi connectivity index (χ1v) is 12.0. The second-order valence-electron chi connectivity index (χ2n) is 8.55. The van der Waals surface area contributed by atoms with Crippen LogP contribution in [0.4, 0.5) is 14.7 Å². The van der Waals surface area contributed by atoms with Crippen molar-refractivity contribution in [2.45, 2.75) is 19.4 Å². The number of carbonyl (C=O) groups excluding carboxylic acids is 2. The Morgan fingerprint density at radius 3 is 2.74 bits per heavy atom. The van der Waals surface area contributed by atoms with E-state index in [2.05, 4.69) is 20.3 Å². The Bertz CT molecular complexity index is 1420. The number of amides is 1. The fraction of sp³-hybridized carbons (Fsp3) is 0.240. The number of nitrogens with one attached hydrogen (secondary N) is 1. The Morgan fingerprint density at radius 2 is 1.97 bits per heavy atom. The van der Waals surface area contributed by atoms with E-state index in [1.54, 1.807) is 17.2 Å². The third-order valence-electron chi connectivity index (χ3n) is 5.94. The Hall–Kier alpha value is -3.79. The van der Waals surface area contributed by atoms with Crippen molar-refractivity contribution >= 4 is 39.2 Å². The molecule has 0 spiro atoms. The van der Waals surface area contributed by atoms with Gasteiger partial charge in [-0.2, -0.15) is 0 Å². The van der Waals surface area contributed by atoms with Crippen molar-refractivity contribution in [3.63, 3.8) is 0 Å². The molecule has 0 radical (unpaired) electrons. The molecule has 1 amide bonds. The quantitative estimate of drug-likeness (QED) is 0.369. The maximum absolute atomic E-state index is 13.6. The average molecular weight is 494 g/mol. The van der Waals surface area contributed by atoms with Crippen LogP contribution >= 0.6 is 11.3 Å². The number of halogens is 2. The van der Waals surface area contributed by atoms with Crippen LogP contribution in [0.1, 0.15) is 45.8 Å². The maximum atomic E-state index is 13.6. The zero-order valence-corrected chi connectivity index (χ0v) is 19.6. The first kappa shape index (κ1) is 23.0. The van der Waals surface area contributed by atoms with Gasteiger partial charge in [0.05, 0.1) is 22.5 Å². The zero-order chi connectivity index (χ0) is 24.5. The zero-order valence-electron chi connectivity index (χ0n) is 18.7. The second kappa shape index (κ2) is 9.46. The molecule has 1 saturated heterocycles. The highest BCUT2D eigenvalue weighted by Crippen LogP contribution is 2.29. The van der Waals surface area contributed by atoms with Crippen molar-refractivity contribution in [2.75, 3.05) is 18.4 Å². The summed E-state index contributed by atoms with van der Waals surface area (Å²) in [6.07, 6.45) is 2.94. The van der Waals surface area contributed by atoms with Gasteiger partial charge >= 0.3 is 0 Å². The maximum Gasteiger partial charge on any atom is 0.274 e. The molecule has 4 aromatic rings. The molecule has 1 aromatic carbocycles. The lowest BCUT2D eigenvalue weighted by Gasteiger charge is -2.38. The number of hydrogen-bond donors (Lipinski definition) is 1. The van der Waals surface area contributed by atoms with Crippen LogP contribution in [0.5, 0.6) is 0 Å². The first-order valence-electron chi connectivity index (χ1n) is 11.1. The van der Waals surface area contributed by atoms with Gasteiger partial charge in [0.2, 0.25) is 5.95 Å². The van der Waals surface area contributed by atoms with E-state index in [1.807, 2.05) is 18.4 Å². The standard InChI is InChI=1S/C25H21F2N5O2S/c1-14(17-9-19(27)11-28-10-17)29-25-30-20-5-6-35-23(20)22(31-25)24(34)32-12-15(13-32)7-21(33)16-3-2-4-18(26)8-16/h2-6,8-11,14-15H,7,12-13H2,1H3,(H,29,30,31)/t14-/m0/s1. The molecule has 1 aliphatic rings. The van der Waals surface area contributed by atoms with E-state index in [9.17, 15) is 18.4 Å². The number of aromatic nitrogens is 3. The van der Waals surface area contributed by atoms with Gasteiger partial charge in [0, 0.05) is 37.2 Å². The smallest absolute Gasteiger partial charge is 0.274 e.